The quantitative estimate of drug-likeness (QED) is 0.319. The van der Waals surface area contributed by atoms with Gasteiger partial charge in [-0.3, -0.25) is 14.5 Å². The molecule has 182 valence electrons. The second kappa shape index (κ2) is 10.9. The van der Waals surface area contributed by atoms with Crippen molar-refractivity contribution in [2.75, 3.05) is 17.3 Å². The van der Waals surface area contributed by atoms with Gasteiger partial charge in [-0.05, 0) is 67.3 Å². The maximum absolute atomic E-state index is 13.7. The fourth-order valence-electron chi connectivity index (χ4n) is 3.88. The molecule has 4 rings (SSSR count). The van der Waals surface area contributed by atoms with Crippen LogP contribution in [-0.4, -0.2) is 24.2 Å². The van der Waals surface area contributed by atoms with Gasteiger partial charge in [-0.25, -0.2) is 0 Å². The van der Waals surface area contributed by atoms with Gasteiger partial charge < -0.3 is 10.1 Å². The largest absolute Gasteiger partial charge is 0.495 e. The van der Waals surface area contributed by atoms with Crippen molar-refractivity contribution in [3.63, 3.8) is 0 Å². The molecule has 0 aliphatic carbocycles. The van der Waals surface area contributed by atoms with Gasteiger partial charge in [0.15, 0.2) is 0 Å². The minimum absolute atomic E-state index is 0.154. The lowest BCUT2D eigenvalue weighted by Crippen LogP contribution is -2.31. The number of carbonyl (C=O) groups is 2. The summed E-state index contributed by atoms with van der Waals surface area (Å²) in [7, 11) is 1.50. The van der Waals surface area contributed by atoms with Crippen molar-refractivity contribution in [1.82, 2.24) is 0 Å². The van der Waals surface area contributed by atoms with Crippen LogP contribution in [0.1, 0.15) is 16.7 Å². The molecule has 0 spiro atoms. The first-order valence-corrected chi connectivity index (χ1v) is 12.5. The number of anilines is 2. The highest BCUT2D eigenvalue weighted by molar-refractivity contribution is 8.05. The number of carbonyl (C=O) groups excluding carboxylic acids is 2. The summed E-state index contributed by atoms with van der Waals surface area (Å²) in [6.07, 6.45) is 0.362. The van der Waals surface area contributed by atoms with E-state index in [1.807, 2.05) is 56.3 Å². The fraction of sp³-hybridized carbons (Fsp3) is 0.179. The van der Waals surface area contributed by atoms with Crippen molar-refractivity contribution < 1.29 is 14.3 Å². The van der Waals surface area contributed by atoms with Crippen LogP contribution in [0.2, 0.25) is 5.02 Å². The van der Waals surface area contributed by atoms with E-state index in [1.54, 1.807) is 30.3 Å². The second-order valence-corrected chi connectivity index (χ2v) is 9.89. The average molecular weight is 518 g/mol. The van der Waals surface area contributed by atoms with E-state index in [9.17, 15) is 14.9 Å². The topological polar surface area (TPSA) is 82.4 Å². The van der Waals surface area contributed by atoms with E-state index in [0.717, 1.165) is 16.7 Å². The number of aryl methyl sites for hydroxylation is 2. The highest BCUT2D eigenvalue weighted by Crippen LogP contribution is 2.43. The molecule has 0 radical (unpaired) electrons. The molecule has 8 heteroatoms. The Morgan fingerprint density at radius 2 is 1.83 bits per heavy atom. The van der Waals surface area contributed by atoms with Gasteiger partial charge >= 0.3 is 0 Å². The van der Waals surface area contributed by atoms with Crippen LogP contribution in [0.25, 0.3) is 0 Å². The molecule has 36 heavy (non-hydrogen) atoms. The smallest absolute Gasteiger partial charge is 0.269 e. The Labute approximate surface area is 219 Å². The number of hydrogen-bond acceptors (Lipinski definition) is 5. The molecule has 1 fully saturated rings. The molecule has 1 atom stereocenters. The lowest BCUT2D eigenvalue weighted by atomic mass is 10.1. The van der Waals surface area contributed by atoms with Crippen molar-refractivity contribution in [1.29, 1.82) is 5.26 Å². The van der Waals surface area contributed by atoms with E-state index < -0.39 is 11.2 Å². The van der Waals surface area contributed by atoms with Gasteiger partial charge in [0, 0.05) is 10.7 Å². The van der Waals surface area contributed by atoms with Crippen LogP contribution in [0.5, 0.6) is 5.75 Å². The molecule has 1 N–H and O–H groups in total. The van der Waals surface area contributed by atoms with Crippen LogP contribution in [0.3, 0.4) is 0 Å². The van der Waals surface area contributed by atoms with Gasteiger partial charge in [0.05, 0.1) is 18.0 Å². The van der Waals surface area contributed by atoms with Crippen LogP contribution in [0.4, 0.5) is 11.4 Å². The Hall–Kier alpha value is -3.73. The van der Waals surface area contributed by atoms with Crippen LogP contribution in [-0.2, 0) is 16.0 Å². The first kappa shape index (κ1) is 25.4. The molecule has 1 aliphatic heterocycles. The molecule has 1 aliphatic rings. The van der Waals surface area contributed by atoms with Gasteiger partial charge in [-0.1, -0.05) is 59.8 Å². The summed E-state index contributed by atoms with van der Waals surface area (Å²) >= 11 is 7.56. The molecule has 1 saturated heterocycles. The molecule has 3 aromatic carbocycles. The molecule has 0 aromatic heterocycles. The summed E-state index contributed by atoms with van der Waals surface area (Å²) in [5.74, 6) is -0.369. The van der Waals surface area contributed by atoms with Gasteiger partial charge in [0.1, 0.15) is 22.4 Å². The minimum Gasteiger partial charge on any atom is -0.495 e. The number of ether oxygens (including phenoxy) is 1. The SMILES string of the molecule is COc1ccccc1NC(=O)/C(C#N)=C1\SC(Cc2ccccc2Cl)C(=O)N1c1ccc(C)c(C)c1. The van der Waals surface area contributed by atoms with Gasteiger partial charge in [-0.15, -0.1) is 0 Å². The number of nitrogens with one attached hydrogen (secondary N) is 1. The van der Waals surface area contributed by atoms with Crippen LogP contribution < -0.4 is 15.0 Å². The molecular formula is C28H24ClN3O3S. The van der Waals surface area contributed by atoms with E-state index in [4.69, 9.17) is 16.3 Å². The molecule has 3 aromatic rings. The van der Waals surface area contributed by atoms with E-state index >= 15 is 0 Å². The maximum Gasteiger partial charge on any atom is 0.269 e. The molecule has 0 saturated carbocycles. The van der Waals surface area contributed by atoms with Crippen LogP contribution >= 0.6 is 23.4 Å². The summed E-state index contributed by atoms with van der Waals surface area (Å²) in [6, 6.07) is 21.9. The highest BCUT2D eigenvalue weighted by atomic mass is 35.5. The molecule has 1 unspecified atom stereocenters. The van der Waals surface area contributed by atoms with Crippen molar-refractivity contribution >= 4 is 46.6 Å². The van der Waals surface area contributed by atoms with Crippen molar-refractivity contribution in [2.45, 2.75) is 25.5 Å². The summed E-state index contributed by atoms with van der Waals surface area (Å²) in [5, 5.41) is 13.1. The zero-order chi connectivity index (χ0) is 25.8. The van der Waals surface area contributed by atoms with Crippen LogP contribution in [0, 0.1) is 25.2 Å². The number of halogens is 1. The Bertz CT molecular complexity index is 1410. The number of nitrogens with zero attached hydrogens (tertiary/aromatic N) is 2. The normalized spacial score (nSPS) is 16.5. The second-order valence-electron chi connectivity index (χ2n) is 8.29. The third kappa shape index (κ3) is 5.11. The first-order valence-electron chi connectivity index (χ1n) is 11.2. The number of amides is 2. The lowest BCUT2D eigenvalue weighted by Gasteiger charge is -2.20. The Morgan fingerprint density at radius 3 is 2.53 bits per heavy atom. The molecule has 0 bridgehead atoms. The van der Waals surface area contributed by atoms with E-state index in [1.165, 1.54) is 23.8 Å². The van der Waals surface area contributed by atoms with Crippen molar-refractivity contribution in [3.8, 4) is 11.8 Å². The minimum atomic E-state index is -0.621. The van der Waals surface area contributed by atoms with E-state index in [2.05, 4.69) is 5.32 Å². The third-order valence-electron chi connectivity index (χ3n) is 5.97. The van der Waals surface area contributed by atoms with Crippen molar-refractivity contribution in [2.24, 2.45) is 0 Å². The molecule has 6 nitrogen and oxygen atoms in total. The number of methoxy groups -OCH3 is 1. The third-order valence-corrected chi connectivity index (χ3v) is 7.60. The van der Waals surface area contributed by atoms with E-state index in [0.29, 0.717) is 28.6 Å². The number of benzene rings is 3. The summed E-state index contributed by atoms with van der Waals surface area (Å²) < 4.78 is 5.32. The Kier molecular flexibility index (Phi) is 7.68. The summed E-state index contributed by atoms with van der Waals surface area (Å²) in [4.78, 5) is 28.5. The van der Waals surface area contributed by atoms with Crippen LogP contribution in [0.15, 0.2) is 77.3 Å². The zero-order valence-corrected chi connectivity index (χ0v) is 21.6. The highest BCUT2D eigenvalue weighted by Gasteiger charge is 2.41. The predicted molar refractivity (Wildman–Crippen MR) is 144 cm³/mol. The molecule has 1 heterocycles. The van der Waals surface area contributed by atoms with Gasteiger partial charge in [-0.2, -0.15) is 5.26 Å². The molecular weight excluding hydrogens is 494 g/mol. The summed E-state index contributed by atoms with van der Waals surface area (Å²) in [6.45, 7) is 3.94. The standard InChI is InChI=1S/C28H24ClN3O3S/c1-17-12-13-20(14-18(17)2)32-27(34)25(15-19-8-4-5-9-22(19)29)36-28(32)21(16-30)26(33)31-23-10-6-7-11-24(23)35-3/h4-14,25H,15H2,1-3H3,(H,31,33)/b28-21-. The number of hydrogen-bond donors (Lipinski definition) is 1. The first-order chi connectivity index (χ1) is 17.3. The number of rotatable bonds is 6. The number of para-hydroxylation sites is 2. The van der Waals surface area contributed by atoms with Crippen molar-refractivity contribution in [3.05, 3.63) is 99.0 Å². The zero-order valence-electron chi connectivity index (χ0n) is 20.0. The summed E-state index contributed by atoms with van der Waals surface area (Å²) in [5.41, 5.74) is 3.77. The molecule has 2 amide bonds. The lowest BCUT2D eigenvalue weighted by molar-refractivity contribution is -0.117. The van der Waals surface area contributed by atoms with Gasteiger partial charge in [0.2, 0.25) is 5.91 Å². The van der Waals surface area contributed by atoms with E-state index in [-0.39, 0.29) is 16.5 Å². The fourth-order valence-corrected chi connectivity index (χ4v) is 5.39. The maximum atomic E-state index is 13.7. The average Bonchev–Trinajstić information content (AvgIpc) is 3.18. The number of nitriles is 1. The Balaban J connectivity index is 1.77. The number of thioether (sulfide) groups is 1. The Morgan fingerprint density at radius 1 is 1.11 bits per heavy atom. The predicted octanol–water partition coefficient (Wildman–Crippen LogP) is 6.03. The van der Waals surface area contributed by atoms with Gasteiger partial charge in [0.25, 0.3) is 5.91 Å². The monoisotopic (exact) mass is 517 g/mol.